The Balaban J connectivity index is 1.91. The molecule has 0 aliphatic rings. The van der Waals surface area contributed by atoms with Crippen LogP contribution in [-0.4, -0.2) is 34.6 Å². The molecule has 0 radical (unpaired) electrons. The third-order valence-electron chi connectivity index (χ3n) is 3.34. The molecule has 0 heterocycles. The zero-order valence-corrected chi connectivity index (χ0v) is 13.1. The van der Waals surface area contributed by atoms with E-state index in [0.717, 1.165) is 0 Å². The van der Waals surface area contributed by atoms with Crippen LogP contribution in [0.2, 0.25) is 0 Å². The average Bonchev–Trinajstić information content (AvgIpc) is 2.65. The van der Waals surface area contributed by atoms with Gasteiger partial charge in [-0.3, -0.25) is 14.9 Å². The maximum Gasteiger partial charge on any atom is 0.331 e. The number of hydrogen-bond donors (Lipinski definition) is 2. The predicted octanol–water partition coefficient (Wildman–Crippen LogP) is 1.43. The number of ether oxygens (including phenoxy) is 1. The van der Waals surface area contributed by atoms with Crippen molar-refractivity contribution in [1.82, 2.24) is 5.32 Å². The Hall–Kier alpha value is -3.26. The van der Waals surface area contributed by atoms with E-state index in [1.54, 1.807) is 30.3 Å². The molecule has 0 bridgehead atoms. The highest BCUT2D eigenvalue weighted by Gasteiger charge is 2.22. The minimum Gasteiger partial charge on any atom is -0.459 e. The molecule has 0 aliphatic heterocycles. The van der Waals surface area contributed by atoms with Gasteiger partial charge in [0.1, 0.15) is 6.61 Å². The van der Waals surface area contributed by atoms with E-state index < -0.39 is 29.4 Å². The fourth-order valence-corrected chi connectivity index (χ4v) is 1.98. The largest absolute Gasteiger partial charge is 0.459 e. The molecule has 0 fully saturated rings. The van der Waals surface area contributed by atoms with Gasteiger partial charge in [0.05, 0.1) is 11.5 Å². The summed E-state index contributed by atoms with van der Waals surface area (Å²) in [5, 5.41) is 22.3. The van der Waals surface area contributed by atoms with Gasteiger partial charge in [-0.05, 0) is 29.8 Å². The molecule has 25 heavy (non-hydrogen) atoms. The van der Waals surface area contributed by atoms with Crippen molar-refractivity contribution >= 4 is 17.6 Å². The zero-order valence-electron chi connectivity index (χ0n) is 13.1. The minimum atomic E-state index is -1.20. The predicted molar refractivity (Wildman–Crippen MR) is 87.7 cm³/mol. The van der Waals surface area contributed by atoms with Gasteiger partial charge < -0.3 is 15.2 Å². The summed E-state index contributed by atoms with van der Waals surface area (Å²) in [6, 6.07) is 12.6. The third kappa shape index (κ3) is 5.11. The van der Waals surface area contributed by atoms with Crippen LogP contribution in [0.1, 0.15) is 15.9 Å². The molecule has 2 rings (SSSR count). The molecule has 0 aliphatic carbocycles. The summed E-state index contributed by atoms with van der Waals surface area (Å²) in [4.78, 5) is 34.0. The second-order valence-corrected chi connectivity index (χ2v) is 5.11. The maximum atomic E-state index is 12.0. The van der Waals surface area contributed by atoms with Gasteiger partial charge >= 0.3 is 5.97 Å². The summed E-state index contributed by atoms with van der Waals surface area (Å²) in [5.41, 5.74) is 0.826. The lowest BCUT2D eigenvalue weighted by Crippen LogP contribution is -2.44. The molecule has 2 aromatic carbocycles. The number of esters is 1. The Bertz CT molecular complexity index is 745. The topological polar surface area (TPSA) is 119 Å². The summed E-state index contributed by atoms with van der Waals surface area (Å²) < 4.78 is 5.03. The molecule has 0 aromatic heterocycles. The summed E-state index contributed by atoms with van der Waals surface area (Å²) in [6.45, 7) is -0.744. The molecular formula is C17H16N2O6. The van der Waals surface area contributed by atoms with Gasteiger partial charge in [-0.1, -0.05) is 18.2 Å². The number of hydrogen-bond acceptors (Lipinski definition) is 6. The van der Waals surface area contributed by atoms with E-state index in [-0.39, 0.29) is 12.3 Å². The van der Waals surface area contributed by atoms with Crippen LogP contribution in [0, 0.1) is 10.1 Å². The molecule has 0 saturated carbocycles. The van der Waals surface area contributed by atoms with Gasteiger partial charge in [0.25, 0.3) is 11.6 Å². The van der Waals surface area contributed by atoms with Gasteiger partial charge in [0.2, 0.25) is 0 Å². The molecule has 8 nitrogen and oxygen atoms in total. The lowest BCUT2D eigenvalue weighted by atomic mass is 10.2. The molecule has 2 aromatic rings. The van der Waals surface area contributed by atoms with Crippen LogP contribution in [0.4, 0.5) is 5.69 Å². The summed E-state index contributed by atoms with van der Waals surface area (Å²) >= 11 is 0. The fraction of sp³-hybridized carbons (Fsp3) is 0.176. The van der Waals surface area contributed by atoms with Crippen LogP contribution in [0.3, 0.4) is 0 Å². The first-order valence-corrected chi connectivity index (χ1v) is 7.38. The van der Waals surface area contributed by atoms with Gasteiger partial charge in [-0.2, -0.15) is 0 Å². The first kappa shape index (κ1) is 18.1. The van der Waals surface area contributed by atoms with Crippen molar-refractivity contribution in [2.45, 2.75) is 12.6 Å². The molecular weight excluding hydrogens is 328 g/mol. The fourth-order valence-electron chi connectivity index (χ4n) is 1.98. The monoisotopic (exact) mass is 344 g/mol. The first-order valence-electron chi connectivity index (χ1n) is 7.38. The lowest BCUT2D eigenvalue weighted by molar-refractivity contribution is -0.384. The van der Waals surface area contributed by atoms with Crippen LogP contribution < -0.4 is 5.32 Å². The number of benzene rings is 2. The number of carbonyl (C=O) groups is 2. The number of nitrogens with one attached hydrogen (secondary N) is 1. The number of nitrogens with zero attached hydrogens (tertiary/aromatic N) is 1. The standard InChI is InChI=1S/C17H16N2O6/c20-10-15(18-16(21)13-4-2-1-3-5-13)17(22)25-11-12-6-8-14(9-7-12)19(23)24/h1-9,15,20H,10-11H2,(H,18,21). The first-order chi connectivity index (χ1) is 12.0. The molecule has 2 N–H and O–H groups in total. The lowest BCUT2D eigenvalue weighted by Gasteiger charge is -2.15. The Morgan fingerprint density at radius 1 is 1.12 bits per heavy atom. The van der Waals surface area contributed by atoms with Crippen molar-refractivity contribution in [3.8, 4) is 0 Å². The highest BCUT2D eigenvalue weighted by Crippen LogP contribution is 2.12. The van der Waals surface area contributed by atoms with Crippen molar-refractivity contribution in [2.24, 2.45) is 0 Å². The minimum absolute atomic E-state index is 0.0709. The third-order valence-corrected chi connectivity index (χ3v) is 3.34. The molecule has 1 unspecified atom stereocenters. The number of aliphatic hydroxyl groups is 1. The van der Waals surface area contributed by atoms with Gasteiger partial charge in [-0.25, -0.2) is 4.79 Å². The molecule has 0 spiro atoms. The molecule has 130 valence electrons. The van der Waals surface area contributed by atoms with Gasteiger partial charge in [0, 0.05) is 17.7 Å². The van der Waals surface area contributed by atoms with Gasteiger partial charge in [-0.15, -0.1) is 0 Å². The van der Waals surface area contributed by atoms with Crippen LogP contribution in [-0.2, 0) is 16.1 Å². The Kier molecular flexibility index (Phi) is 6.19. The van der Waals surface area contributed by atoms with Gasteiger partial charge in [0.15, 0.2) is 6.04 Å². The van der Waals surface area contributed by atoms with Crippen LogP contribution in [0.5, 0.6) is 0 Å². The van der Waals surface area contributed by atoms with Crippen molar-refractivity contribution in [1.29, 1.82) is 0 Å². The highest BCUT2D eigenvalue weighted by atomic mass is 16.6. The van der Waals surface area contributed by atoms with Crippen molar-refractivity contribution in [2.75, 3.05) is 6.61 Å². The summed E-state index contributed by atoms with van der Waals surface area (Å²) in [7, 11) is 0. The van der Waals surface area contributed by atoms with Crippen LogP contribution >= 0.6 is 0 Å². The van der Waals surface area contributed by atoms with E-state index in [0.29, 0.717) is 11.1 Å². The van der Waals surface area contributed by atoms with E-state index in [1.165, 1.54) is 24.3 Å². The van der Waals surface area contributed by atoms with Crippen molar-refractivity contribution < 1.29 is 24.4 Å². The Morgan fingerprint density at radius 2 is 1.76 bits per heavy atom. The smallest absolute Gasteiger partial charge is 0.331 e. The summed E-state index contributed by atoms with van der Waals surface area (Å²) in [5.74, 6) is -1.31. The quantitative estimate of drug-likeness (QED) is 0.445. The van der Waals surface area contributed by atoms with E-state index in [4.69, 9.17) is 4.74 Å². The number of non-ortho nitro benzene ring substituents is 1. The molecule has 8 heteroatoms. The highest BCUT2D eigenvalue weighted by molar-refractivity contribution is 5.96. The number of rotatable bonds is 7. The van der Waals surface area contributed by atoms with Crippen LogP contribution in [0.15, 0.2) is 54.6 Å². The molecule has 1 amide bonds. The number of nitro groups is 1. The summed E-state index contributed by atoms with van der Waals surface area (Å²) in [6.07, 6.45) is 0. The second-order valence-electron chi connectivity index (χ2n) is 5.11. The van der Waals surface area contributed by atoms with Crippen molar-refractivity contribution in [3.63, 3.8) is 0 Å². The van der Waals surface area contributed by atoms with E-state index in [1.807, 2.05) is 0 Å². The van der Waals surface area contributed by atoms with E-state index >= 15 is 0 Å². The van der Waals surface area contributed by atoms with Crippen LogP contribution in [0.25, 0.3) is 0 Å². The number of carbonyl (C=O) groups excluding carboxylic acids is 2. The average molecular weight is 344 g/mol. The molecule has 0 saturated heterocycles. The Labute approximate surface area is 143 Å². The number of amides is 1. The number of nitro benzene ring substituents is 1. The van der Waals surface area contributed by atoms with E-state index in [9.17, 15) is 24.8 Å². The second kappa shape index (κ2) is 8.55. The molecule has 1 atom stereocenters. The maximum absolute atomic E-state index is 12.0. The normalized spacial score (nSPS) is 11.4. The SMILES string of the molecule is O=C(NC(CO)C(=O)OCc1ccc([N+](=O)[O-])cc1)c1ccccc1. The Morgan fingerprint density at radius 3 is 2.32 bits per heavy atom. The van der Waals surface area contributed by atoms with Crippen molar-refractivity contribution in [3.05, 3.63) is 75.8 Å². The zero-order chi connectivity index (χ0) is 18.2. The number of aliphatic hydroxyl groups excluding tert-OH is 1. The van der Waals surface area contributed by atoms with E-state index in [2.05, 4.69) is 5.32 Å².